The van der Waals surface area contributed by atoms with Gasteiger partial charge >= 0.3 is 0 Å². The van der Waals surface area contributed by atoms with Crippen molar-refractivity contribution in [1.82, 2.24) is 14.7 Å². The zero-order chi connectivity index (χ0) is 17.1. The zero-order valence-electron chi connectivity index (χ0n) is 15.1. The average molecular weight is 331 g/mol. The van der Waals surface area contributed by atoms with E-state index >= 15 is 0 Å². The normalized spacial score (nSPS) is 21.2. The number of hydrogen-bond acceptors (Lipinski definition) is 4. The van der Waals surface area contributed by atoms with Crippen molar-refractivity contribution in [1.29, 1.82) is 0 Å². The first kappa shape index (κ1) is 17.2. The van der Waals surface area contributed by atoms with Crippen LogP contribution in [0.25, 0.3) is 0 Å². The van der Waals surface area contributed by atoms with Crippen LogP contribution in [0.2, 0.25) is 0 Å². The van der Waals surface area contributed by atoms with Crippen molar-refractivity contribution in [3.63, 3.8) is 0 Å². The van der Waals surface area contributed by atoms with E-state index in [-0.39, 0.29) is 5.91 Å². The van der Waals surface area contributed by atoms with Gasteiger partial charge in [0, 0.05) is 38.6 Å². The third-order valence-corrected chi connectivity index (χ3v) is 5.45. The Morgan fingerprint density at radius 3 is 2.88 bits per heavy atom. The van der Waals surface area contributed by atoms with Gasteiger partial charge in [0.15, 0.2) is 0 Å². The Morgan fingerprint density at radius 2 is 2.17 bits per heavy atom. The van der Waals surface area contributed by atoms with E-state index < -0.39 is 0 Å². The summed E-state index contributed by atoms with van der Waals surface area (Å²) in [5, 5.41) is 0. The molecule has 0 radical (unpaired) electrons. The number of likely N-dealkylation sites (N-methyl/N-ethyl adjacent to an activating group) is 2. The van der Waals surface area contributed by atoms with Crippen LogP contribution in [0, 0.1) is 0 Å². The number of likely N-dealkylation sites (tertiary alicyclic amines) is 1. The maximum Gasteiger partial charge on any atom is 0.224 e. The maximum absolute atomic E-state index is 12.6. The van der Waals surface area contributed by atoms with Gasteiger partial charge in [-0.2, -0.15) is 0 Å². The molecule has 0 aliphatic carbocycles. The number of nitrogens with zero attached hydrogens (tertiary/aromatic N) is 3. The summed E-state index contributed by atoms with van der Waals surface area (Å²) in [6.07, 6.45) is 2.74. The predicted octanol–water partition coefficient (Wildman–Crippen LogP) is 1.61. The fourth-order valence-electron chi connectivity index (χ4n) is 3.75. The third kappa shape index (κ3) is 3.90. The van der Waals surface area contributed by atoms with Crippen LogP contribution in [0.1, 0.15) is 24.0 Å². The van der Waals surface area contributed by atoms with Crippen LogP contribution in [0.5, 0.6) is 5.75 Å². The molecule has 24 heavy (non-hydrogen) atoms. The Labute approximate surface area is 145 Å². The molecule has 3 rings (SSSR count). The quantitative estimate of drug-likeness (QED) is 0.821. The molecule has 1 aromatic rings. The molecule has 1 atom stereocenters. The molecule has 1 fully saturated rings. The molecular weight excluding hydrogens is 302 g/mol. The van der Waals surface area contributed by atoms with E-state index in [1.165, 1.54) is 17.5 Å². The lowest BCUT2D eigenvalue weighted by Gasteiger charge is -2.30. The molecule has 2 aliphatic rings. The molecular formula is C19H29N3O2. The van der Waals surface area contributed by atoms with E-state index in [0.29, 0.717) is 12.5 Å². The van der Waals surface area contributed by atoms with Gasteiger partial charge in [-0.05, 0) is 56.7 Å². The number of hydrogen-bond donors (Lipinski definition) is 0. The van der Waals surface area contributed by atoms with Gasteiger partial charge in [0.25, 0.3) is 0 Å². The highest BCUT2D eigenvalue weighted by Gasteiger charge is 2.25. The minimum absolute atomic E-state index is 0.273. The van der Waals surface area contributed by atoms with Gasteiger partial charge in [-0.25, -0.2) is 0 Å². The highest BCUT2D eigenvalue weighted by molar-refractivity contribution is 5.76. The molecule has 1 aromatic carbocycles. The Morgan fingerprint density at radius 1 is 1.33 bits per heavy atom. The Balaban J connectivity index is 1.51. The number of methoxy groups -OCH3 is 1. The molecule has 2 heterocycles. The van der Waals surface area contributed by atoms with E-state index in [4.69, 9.17) is 4.74 Å². The van der Waals surface area contributed by atoms with Crippen molar-refractivity contribution in [2.45, 2.75) is 31.8 Å². The second kappa shape index (κ2) is 7.53. The van der Waals surface area contributed by atoms with E-state index in [1.54, 1.807) is 7.11 Å². The first-order valence-corrected chi connectivity index (χ1v) is 8.89. The molecule has 132 valence electrons. The fraction of sp³-hybridized carbons (Fsp3) is 0.632. The van der Waals surface area contributed by atoms with E-state index in [2.05, 4.69) is 36.0 Å². The summed E-state index contributed by atoms with van der Waals surface area (Å²) in [6.45, 7) is 4.67. The summed E-state index contributed by atoms with van der Waals surface area (Å²) in [5.74, 6) is 1.17. The van der Waals surface area contributed by atoms with Crippen LogP contribution in [-0.2, 0) is 17.8 Å². The molecule has 1 saturated heterocycles. The largest absolute Gasteiger partial charge is 0.497 e. The van der Waals surface area contributed by atoms with E-state index in [1.807, 2.05) is 11.0 Å². The van der Waals surface area contributed by atoms with Crippen molar-refractivity contribution in [3.8, 4) is 5.75 Å². The van der Waals surface area contributed by atoms with Gasteiger partial charge in [0.1, 0.15) is 5.75 Å². The van der Waals surface area contributed by atoms with Crippen LogP contribution in [0.3, 0.4) is 0 Å². The van der Waals surface area contributed by atoms with Crippen molar-refractivity contribution in [2.75, 3.05) is 47.4 Å². The van der Waals surface area contributed by atoms with E-state index in [0.717, 1.165) is 44.9 Å². The molecule has 0 saturated carbocycles. The highest BCUT2D eigenvalue weighted by Crippen LogP contribution is 2.24. The molecule has 5 heteroatoms. The Kier molecular flexibility index (Phi) is 5.41. The maximum atomic E-state index is 12.6. The highest BCUT2D eigenvalue weighted by atomic mass is 16.5. The average Bonchev–Trinajstić information content (AvgIpc) is 3.04. The van der Waals surface area contributed by atoms with Crippen LogP contribution in [-0.4, -0.2) is 74.0 Å². The summed E-state index contributed by atoms with van der Waals surface area (Å²) in [7, 11) is 6.01. The topological polar surface area (TPSA) is 36.0 Å². The SMILES string of the molecule is COc1ccc2c(c1)CCN(C(=O)CCN(C)[C@H]1CCN(C)C1)C2. The first-order chi connectivity index (χ1) is 11.6. The first-order valence-electron chi connectivity index (χ1n) is 8.89. The lowest BCUT2D eigenvalue weighted by molar-refractivity contribution is -0.132. The molecule has 0 unspecified atom stereocenters. The van der Waals surface area contributed by atoms with Crippen molar-refractivity contribution in [3.05, 3.63) is 29.3 Å². The third-order valence-electron chi connectivity index (χ3n) is 5.45. The minimum Gasteiger partial charge on any atom is -0.497 e. The van der Waals surface area contributed by atoms with Gasteiger partial charge in [0.05, 0.1) is 7.11 Å². The van der Waals surface area contributed by atoms with Gasteiger partial charge in [-0.15, -0.1) is 0 Å². The predicted molar refractivity (Wildman–Crippen MR) is 95.3 cm³/mol. The molecule has 5 nitrogen and oxygen atoms in total. The summed E-state index contributed by atoms with van der Waals surface area (Å²) in [4.78, 5) is 19.3. The van der Waals surface area contributed by atoms with Crippen LogP contribution < -0.4 is 4.74 Å². The molecule has 0 N–H and O–H groups in total. The lowest BCUT2D eigenvalue weighted by atomic mass is 9.99. The van der Waals surface area contributed by atoms with Crippen LogP contribution in [0.4, 0.5) is 0 Å². The molecule has 0 aromatic heterocycles. The lowest BCUT2D eigenvalue weighted by Crippen LogP contribution is -2.40. The number of amides is 1. The van der Waals surface area contributed by atoms with Crippen LogP contribution in [0.15, 0.2) is 18.2 Å². The van der Waals surface area contributed by atoms with Gasteiger partial charge in [-0.3, -0.25) is 4.79 Å². The van der Waals surface area contributed by atoms with Gasteiger partial charge in [0.2, 0.25) is 5.91 Å². The monoisotopic (exact) mass is 331 g/mol. The van der Waals surface area contributed by atoms with E-state index in [9.17, 15) is 4.79 Å². The van der Waals surface area contributed by atoms with Crippen molar-refractivity contribution >= 4 is 5.91 Å². The number of carbonyl (C=O) groups excluding carboxylic acids is 1. The summed E-state index contributed by atoms with van der Waals surface area (Å²) in [5.41, 5.74) is 2.56. The summed E-state index contributed by atoms with van der Waals surface area (Å²) >= 11 is 0. The van der Waals surface area contributed by atoms with Gasteiger partial charge < -0.3 is 19.4 Å². The molecule has 0 bridgehead atoms. The zero-order valence-corrected chi connectivity index (χ0v) is 15.1. The fourth-order valence-corrected chi connectivity index (χ4v) is 3.75. The molecule has 0 spiro atoms. The van der Waals surface area contributed by atoms with Crippen molar-refractivity contribution in [2.24, 2.45) is 0 Å². The summed E-state index contributed by atoms with van der Waals surface area (Å²) < 4.78 is 5.29. The van der Waals surface area contributed by atoms with Crippen molar-refractivity contribution < 1.29 is 9.53 Å². The summed E-state index contributed by atoms with van der Waals surface area (Å²) in [6, 6.07) is 6.77. The Bertz CT molecular complexity index is 590. The number of ether oxygens (including phenoxy) is 1. The number of fused-ring (bicyclic) bond motifs is 1. The Hall–Kier alpha value is -1.59. The number of carbonyl (C=O) groups is 1. The van der Waals surface area contributed by atoms with Gasteiger partial charge in [-0.1, -0.05) is 6.07 Å². The second-order valence-corrected chi connectivity index (χ2v) is 7.14. The smallest absolute Gasteiger partial charge is 0.224 e. The molecule has 1 amide bonds. The second-order valence-electron chi connectivity index (χ2n) is 7.14. The standard InChI is InChI=1S/C19H29N3O2/c1-20-9-7-17(14-20)21(2)10-8-19(23)22-11-6-15-12-18(24-3)5-4-16(15)13-22/h4-5,12,17H,6-11,13-14H2,1-3H3/t17-/m0/s1. The number of benzene rings is 1. The minimum atomic E-state index is 0.273. The van der Waals surface area contributed by atoms with Crippen LogP contribution >= 0.6 is 0 Å². The number of rotatable bonds is 5. The molecule has 2 aliphatic heterocycles.